The Labute approximate surface area is 140 Å². The molecule has 0 spiro atoms. The van der Waals surface area contributed by atoms with Crippen molar-refractivity contribution in [2.75, 3.05) is 0 Å². The SMILES string of the molecule is CCCCC/C=C\C[C@@H]1CCC(=O)[C@H]1C/C=C/CCCC(=O)O. The molecule has 0 bridgehead atoms. The van der Waals surface area contributed by atoms with Crippen LogP contribution in [0.15, 0.2) is 24.3 Å². The van der Waals surface area contributed by atoms with Crippen LogP contribution in [0.3, 0.4) is 0 Å². The Kier molecular flexibility index (Phi) is 10.3. The second-order valence-electron chi connectivity index (χ2n) is 6.57. The first kappa shape index (κ1) is 19.7. The predicted octanol–water partition coefficient (Wildman–Crippen LogP) is 5.31. The molecule has 0 aliphatic heterocycles. The van der Waals surface area contributed by atoms with E-state index in [9.17, 15) is 9.59 Å². The monoisotopic (exact) mass is 320 g/mol. The van der Waals surface area contributed by atoms with Crippen LogP contribution < -0.4 is 0 Å². The number of aliphatic carboxylic acids is 1. The molecule has 2 atom stereocenters. The van der Waals surface area contributed by atoms with Gasteiger partial charge in [0.05, 0.1) is 0 Å². The topological polar surface area (TPSA) is 54.4 Å². The van der Waals surface area contributed by atoms with Crippen molar-refractivity contribution in [2.45, 2.75) is 77.6 Å². The maximum absolute atomic E-state index is 12.0. The van der Waals surface area contributed by atoms with E-state index in [0.29, 0.717) is 18.1 Å². The smallest absolute Gasteiger partial charge is 0.303 e. The molecule has 0 aromatic heterocycles. The summed E-state index contributed by atoms with van der Waals surface area (Å²) < 4.78 is 0. The third-order valence-electron chi connectivity index (χ3n) is 4.64. The van der Waals surface area contributed by atoms with Crippen LogP contribution in [0.4, 0.5) is 0 Å². The summed E-state index contributed by atoms with van der Waals surface area (Å²) in [5, 5.41) is 8.59. The molecule has 0 radical (unpaired) electrons. The van der Waals surface area contributed by atoms with Crippen molar-refractivity contribution < 1.29 is 14.7 Å². The number of hydrogen-bond acceptors (Lipinski definition) is 2. The van der Waals surface area contributed by atoms with Crippen molar-refractivity contribution in [3.63, 3.8) is 0 Å². The Morgan fingerprint density at radius 3 is 2.48 bits per heavy atom. The van der Waals surface area contributed by atoms with Crippen LogP contribution in [0.2, 0.25) is 0 Å². The first-order valence-corrected chi connectivity index (χ1v) is 9.19. The number of ketones is 1. The van der Waals surface area contributed by atoms with Gasteiger partial charge < -0.3 is 5.11 Å². The molecule has 0 aromatic rings. The van der Waals surface area contributed by atoms with Gasteiger partial charge in [0.1, 0.15) is 5.78 Å². The predicted molar refractivity (Wildman–Crippen MR) is 94.4 cm³/mol. The van der Waals surface area contributed by atoms with Gasteiger partial charge in [0, 0.05) is 18.8 Å². The molecule has 0 aromatic carbocycles. The summed E-state index contributed by atoms with van der Waals surface area (Å²) in [6.45, 7) is 2.22. The largest absolute Gasteiger partial charge is 0.481 e. The van der Waals surface area contributed by atoms with Gasteiger partial charge in [0.25, 0.3) is 0 Å². The van der Waals surface area contributed by atoms with Crippen molar-refractivity contribution in [1.29, 1.82) is 0 Å². The fourth-order valence-electron chi connectivity index (χ4n) is 3.22. The lowest BCUT2D eigenvalue weighted by molar-refractivity contribution is -0.137. The highest BCUT2D eigenvalue weighted by atomic mass is 16.4. The van der Waals surface area contributed by atoms with Gasteiger partial charge in [-0.15, -0.1) is 0 Å². The van der Waals surface area contributed by atoms with Gasteiger partial charge in [-0.1, -0.05) is 44.1 Å². The minimum Gasteiger partial charge on any atom is -0.481 e. The number of carboxylic acids is 1. The Morgan fingerprint density at radius 1 is 1.09 bits per heavy atom. The quantitative estimate of drug-likeness (QED) is 0.391. The van der Waals surface area contributed by atoms with Crippen LogP contribution in [0.5, 0.6) is 0 Å². The zero-order valence-corrected chi connectivity index (χ0v) is 14.5. The highest BCUT2D eigenvalue weighted by Crippen LogP contribution is 2.34. The molecule has 130 valence electrons. The minimum absolute atomic E-state index is 0.172. The van der Waals surface area contributed by atoms with Crippen LogP contribution >= 0.6 is 0 Å². The molecule has 3 nitrogen and oxygen atoms in total. The second-order valence-corrected chi connectivity index (χ2v) is 6.57. The molecular weight excluding hydrogens is 288 g/mol. The average Bonchev–Trinajstić information content (AvgIpc) is 2.86. The average molecular weight is 320 g/mol. The molecule has 1 N–H and O–H groups in total. The van der Waals surface area contributed by atoms with Crippen LogP contribution in [0, 0.1) is 11.8 Å². The molecule has 0 heterocycles. The molecule has 23 heavy (non-hydrogen) atoms. The maximum Gasteiger partial charge on any atom is 0.303 e. The van der Waals surface area contributed by atoms with Gasteiger partial charge in [0.2, 0.25) is 0 Å². The van der Waals surface area contributed by atoms with Crippen LogP contribution in [-0.4, -0.2) is 16.9 Å². The lowest BCUT2D eigenvalue weighted by atomic mass is 9.89. The van der Waals surface area contributed by atoms with Crippen molar-refractivity contribution in [1.82, 2.24) is 0 Å². The van der Waals surface area contributed by atoms with Crippen LogP contribution in [0.25, 0.3) is 0 Å². The molecule has 1 saturated carbocycles. The van der Waals surface area contributed by atoms with Gasteiger partial charge >= 0.3 is 5.97 Å². The molecule has 0 unspecified atom stereocenters. The van der Waals surface area contributed by atoms with E-state index < -0.39 is 5.97 Å². The van der Waals surface area contributed by atoms with E-state index in [1.54, 1.807) is 0 Å². The molecule has 0 saturated heterocycles. The number of allylic oxidation sites excluding steroid dienone is 4. The van der Waals surface area contributed by atoms with Crippen LogP contribution in [-0.2, 0) is 9.59 Å². The minimum atomic E-state index is -0.741. The molecule has 1 aliphatic rings. The van der Waals surface area contributed by atoms with Gasteiger partial charge in [0.15, 0.2) is 0 Å². The van der Waals surface area contributed by atoms with E-state index >= 15 is 0 Å². The standard InChI is InChI=1S/C20H32O3/c1-2-3-4-5-6-9-12-17-15-16-19(21)18(17)13-10-7-8-11-14-20(22)23/h6-7,9-10,17-18H,2-5,8,11-16H2,1H3,(H,22,23)/b9-6-,10-7+/t17-,18+/m1/s1. The third kappa shape index (κ3) is 8.73. The van der Waals surface area contributed by atoms with Gasteiger partial charge in [-0.05, 0) is 50.9 Å². The molecular formula is C20H32O3. The van der Waals surface area contributed by atoms with E-state index in [4.69, 9.17) is 5.11 Å². The zero-order valence-electron chi connectivity index (χ0n) is 14.5. The summed E-state index contributed by atoms with van der Waals surface area (Å²) in [5.74, 6) is 0.333. The van der Waals surface area contributed by atoms with Gasteiger partial charge in [-0.3, -0.25) is 9.59 Å². The molecule has 0 amide bonds. The molecule has 1 fully saturated rings. The first-order valence-electron chi connectivity index (χ1n) is 9.19. The highest BCUT2D eigenvalue weighted by molar-refractivity contribution is 5.83. The summed E-state index contributed by atoms with van der Waals surface area (Å²) in [4.78, 5) is 22.5. The van der Waals surface area contributed by atoms with E-state index in [1.807, 2.05) is 6.08 Å². The molecule has 1 aliphatic carbocycles. The highest BCUT2D eigenvalue weighted by Gasteiger charge is 2.32. The summed E-state index contributed by atoms with van der Waals surface area (Å²) >= 11 is 0. The third-order valence-corrected chi connectivity index (χ3v) is 4.64. The van der Waals surface area contributed by atoms with Crippen molar-refractivity contribution in [3.8, 4) is 0 Å². The lowest BCUT2D eigenvalue weighted by Gasteiger charge is -2.14. The van der Waals surface area contributed by atoms with E-state index in [2.05, 4.69) is 25.2 Å². The Hall–Kier alpha value is -1.38. The van der Waals surface area contributed by atoms with Crippen molar-refractivity contribution in [3.05, 3.63) is 24.3 Å². The Bertz CT molecular complexity index is 409. The summed E-state index contributed by atoms with van der Waals surface area (Å²) in [5.41, 5.74) is 0. The summed E-state index contributed by atoms with van der Waals surface area (Å²) in [6.07, 6.45) is 18.9. The molecule has 3 heteroatoms. The van der Waals surface area contributed by atoms with Crippen molar-refractivity contribution >= 4 is 11.8 Å². The number of rotatable bonds is 12. The van der Waals surface area contributed by atoms with E-state index in [1.165, 1.54) is 19.3 Å². The van der Waals surface area contributed by atoms with Gasteiger partial charge in [-0.25, -0.2) is 0 Å². The molecule has 1 rings (SSSR count). The second kappa shape index (κ2) is 12.1. The number of carbonyl (C=O) groups is 2. The normalized spacial score (nSPS) is 21.7. The fraction of sp³-hybridized carbons (Fsp3) is 0.700. The van der Waals surface area contributed by atoms with Crippen molar-refractivity contribution in [2.24, 2.45) is 11.8 Å². The van der Waals surface area contributed by atoms with E-state index in [0.717, 1.165) is 38.5 Å². The number of unbranched alkanes of at least 4 members (excludes halogenated alkanes) is 4. The van der Waals surface area contributed by atoms with Gasteiger partial charge in [-0.2, -0.15) is 0 Å². The van der Waals surface area contributed by atoms with Crippen LogP contribution in [0.1, 0.15) is 77.6 Å². The maximum atomic E-state index is 12.0. The number of carbonyl (C=O) groups excluding carboxylic acids is 1. The fourth-order valence-corrected chi connectivity index (χ4v) is 3.22. The zero-order chi connectivity index (χ0) is 16.9. The first-order chi connectivity index (χ1) is 11.1. The van der Waals surface area contributed by atoms with E-state index in [-0.39, 0.29) is 12.3 Å². The number of Topliss-reactive ketones (excluding diaryl/α,β-unsaturated/α-hetero) is 1. The summed E-state index contributed by atoms with van der Waals surface area (Å²) in [7, 11) is 0. The number of carboxylic acid groups (broad SMARTS) is 1. The summed E-state index contributed by atoms with van der Waals surface area (Å²) in [6, 6.07) is 0. The Balaban J connectivity index is 2.26. The lowest BCUT2D eigenvalue weighted by Crippen LogP contribution is -2.13. The number of hydrogen-bond donors (Lipinski definition) is 1. The Morgan fingerprint density at radius 2 is 1.78 bits per heavy atom.